The Kier molecular flexibility index (Phi) is 5.80. The molecule has 0 unspecified atom stereocenters. The molecule has 0 aliphatic rings. The third kappa shape index (κ3) is 4.49. The maximum absolute atomic E-state index is 12.6. The monoisotopic (exact) mass is 364 g/mol. The Bertz CT molecular complexity index is 918. The first-order valence-corrected chi connectivity index (χ1v) is 8.96. The predicted molar refractivity (Wildman–Crippen MR) is 105 cm³/mol. The van der Waals surface area contributed by atoms with E-state index in [0.29, 0.717) is 12.1 Å². The number of rotatable bonds is 7. The molecule has 1 aromatic carbocycles. The van der Waals surface area contributed by atoms with Crippen molar-refractivity contribution in [3.05, 3.63) is 60.4 Å². The number of carbonyl (C=O) groups is 1. The second kappa shape index (κ2) is 8.44. The highest BCUT2D eigenvalue weighted by Crippen LogP contribution is 2.21. The van der Waals surface area contributed by atoms with Crippen molar-refractivity contribution in [3.8, 4) is 11.3 Å². The van der Waals surface area contributed by atoms with Gasteiger partial charge in [-0.25, -0.2) is 15.0 Å². The highest BCUT2D eigenvalue weighted by atomic mass is 16.1. The van der Waals surface area contributed by atoms with Gasteiger partial charge in [-0.2, -0.15) is 0 Å². The van der Waals surface area contributed by atoms with Gasteiger partial charge in [-0.1, -0.05) is 19.1 Å². The number of hydrogen-bond acceptors (Lipinski definition) is 5. The Hall–Kier alpha value is -3.22. The number of hydrogen-bond donors (Lipinski definition) is 1. The molecule has 27 heavy (non-hydrogen) atoms. The van der Waals surface area contributed by atoms with Crippen LogP contribution in [0, 0.1) is 0 Å². The second-order valence-corrected chi connectivity index (χ2v) is 6.46. The number of nitrogens with one attached hydrogen (secondary N) is 1. The lowest BCUT2D eigenvalue weighted by Crippen LogP contribution is -2.24. The highest BCUT2D eigenvalue weighted by molar-refractivity contribution is 5.95. The fourth-order valence-corrected chi connectivity index (χ4v) is 2.78. The minimum Gasteiger partial charge on any atom is -0.363 e. The number of aryl methyl sites for hydroxylation is 1. The SMILES string of the molecule is CCCn1ccnc1CNC(=O)c1cccc(-c2cc(N(C)C)ncn2)c1. The van der Waals surface area contributed by atoms with Crippen molar-refractivity contribution < 1.29 is 4.79 Å². The normalized spacial score (nSPS) is 10.6. The lowest BCUT2D eigenvalue weighted by atomic mass is 10.1. The molecule has 0 saturated heterocycles. The fourth-order valence-electron chi connectivity index (χ4n) is 2.78. The molecule has 0 aliphatic heterocycles. The van der Waals surface area contributed by atoms with E-state index in [1.165, 1.54) is 6.33 Å². The van der Waals surface area contributed by atoms with Crippen molar-refractivity contribution in [1.82, 2.24) is 24.8 Å². The molecule has 1 N–H and O–H groups in total. The minimum atomic E-state index is -0.134. The van der Waals surface area contributed by atoms with Crippen LogP contribution in [0.2, 0.25) is 0 Å². The van der Waals surface area contributed by atoms with Crippen molar-refractivity contribution in [3.63, 3.8) is 0 Å². The number of carbonyl (C=O) groups excluding carboxylic acids is 1. The lowest BCUT2D eigenvalue weighted by molar-refractivity contribution is 0.0949. The number of nitrogens with zero attached hydrogens (tertiary/aromatic N) is 5. The van der Waals surface area contributed by atoms with Crippen molar-refractivity contribution in [1.29, 1.82) is 0 Å². The summed E-state index contributed by atoms with van der Waals surface area (Å²) in [6.07, 6.45) is 6.25. The number of anilines is 1. The van der Waals surface area contributed by atoms with Crippen LogP contribution in [0.5, 0.6) is 0 Å². The molecule has 0 saturated carbocycles. The van der Waals surface area contributed by atoms with E-state index in [1.54, 1.807) is 12.3 Å². The third-order valence-corrected chi connectivity index (χ3v) is 4.20. The molecule has 1 amide bonds. The maximum Gasteiger partial charge on any atom is 0.251 e. The molecule has 0 fully saturated rings. The Balaban J connectivity index is 1.74. The molecule has 0 spiro atoms. The molecule has 3 aromatic rings. The first-order valence-electron chi connectivity index (χ1n) is 8.96. The molecule has 7 heteroatoms. The molecule has 0 bridgehead atoms. The van der Waals surface area contributed by atoms with Crippen LogP contribution < -0.4 is 10.2 Å². The molecule has 3 rings (SSSR count). The third-order valence-electron chi connectivity index (χ3n) is 4.20. The molecule has 7 nitrogen and oxygen atoms in total. The minimum absolute atomic E-state index is 0.134. The Labute approximate surface area is 159 Å². The summed E-state index contributed by atoms with van der Waals surface area (Å²) in [5.74, 6) is 1.54. The largest absolute Gasteiger partial charge is 0.363 e. The highest BCUT2D eigenvalue weighted by Gasteiger charge is 2.10. The van der Waals surface area contributed by atoms with Crippen molar-refractivity contribution in [2.24, 2.45) is 0 Å². The zero-order chi connectivity index (χ0) is 19.2. The second-order valence-electron chi connectivity index (χ2n) is 6.46. The Morgan fingerprint density at radius 2 is 2.04 bits per heavy atom. The van der Waals surface area contributed by atoms with E-state index in [9.17, 15) is 4.79 Å². The molecule has 2 heterocycles. The van der Waals surface area contributed by atoms with Crippen LogP contribution in [-0.4, -0.2) is 39.5 Å². The quantitative estimate of drug-likeness (QED) is 0.698. The van der Waals surface area contributed by atoms with Crippen LogP contribution in [-0.2, 0) is 13.1 Å². The molecule has 0 atom stereocenters. The summed E-state index contributed by atoms with van der Waals surface area (Å²) in [6, 6.07) is 9.34. The predicted octanol–water partition coefficient (Wildman–Crippen LogP) is 2.75. The maximum atomic E-state index is 12.6. The van der Waals surface area contributed by atoms with Crippen molar-refractivity contribution >= 4 is 11.7 Å². The lowest BCUT2D eigenvalue weighted by Gasteiger charge is -2.12. The number of amides is 1. The first kappa shape index (κ1) is 18.6. The van der Waals surface area contributed by atoms with Crippen LogP contribution in [0.1, 0.15) is 29.5 Å². The van der Waals surface area contributed by atoms with Crippen LogP contribution in [0.15, 0.2) is 49.1 Å². The number of imidazole rings is 1. The Morgan fingerprint density at radius 1 is 1.19 bits per heavy atom. The smallest absolute Gasteiger partial charge is 0.251 e. The Morgan fingerprint density at radius 3 is 2.81 bits per heavy atom. The standard InChI is InChI=1S/C20H24N6O/c1-4-9-26-10-8-21-19(26)13-22-20(27)16-7-5-6-15(11-16)17-12-18(25(2)3)24-14-23-17/h5-8,10-12,14H,4,9,13H2,1-3H3,(H,22,27). The van der Waals surface area contributed by atoms with Gasteiger partial charge in [-0.3, -0.25) is 4.79 Å². The van der Waals surface area contributed by atoms with Crippen molar-refractivity contribution in [2.45, 2.75) is 26.4 Å². The summed E-state index contributed by atoms with van der Waals surface area (Å²) in [4.78, 5) is 27.4. The van der Waals surface area contributed by atoms with Gasteiger partial charge >= 0.3 is 0 Å². The van der Waals surface area contributed by atoms with E-state index in [-0.39, 0.29) is 5.91 Å². The number of aromatic nitrogens is 4. The summed E-state index contributed by atoms with van der Waals surface area (Å²) in [5, 5.41) is 2.95. The number of benzene rings is 1. The molecule has 2 aromatic heterocycles. The molecular formula is C20H24N6O. The van der Waals surface area contributed by atoms with E-state index >= 15 is 0 Å². The van der Waals surface area contributed by atoms with E-state index in [4.69, 9.17) is 0 Å². The molecule has 0 radical (unpaired) electrons. The molecular weight excluding hydrogens is 340 g/mol. The zero-order valence-corrected chi connectivity index (χ0v) is 15.9. The van der Waals surface area contributed by atoms with Gasteiger partial charge in [0.15, 0.2) is 0 Å². The average molecular weight is 364 g/mol. The summed E-state index contributed by atoms with van der Waals surface area (Å²) in [6.45, 7) is 3.40. The summed E-state index contributed by atoms with van der Waals surface area (Å²) in [5.41, 5.74) is 2.24. The van der Waals surface area contributed by atoms with Gasteiger partial charge in [0.05, 0.1) is 12.2 Å². The zero-order valence-electron chi connectivity index (χ0n) is 15.9. The van der Waals surface area contributed by atoms with Crippen LogP contribution in [0.3, 0.4) is 0 Å². The molecule has 140 valence electrons. The van der Waals surface area contributed by atoms with Crippen LogP contribution in [0.4, 0.5) is 5.82 Å². The molecule has 0 aliphatic carbocycles. The van der Waals surface area contributed by atoms with Gasteiger partial charge in [0, 0.05) is 50.2 Å². The topological polar surface area (TPSA) is 75.9 Å². The van der Waals surface area contributed by atoms with Gasteiger partial charge in [0.2, 0.25) is 0 Å². The van der Waals surface area contributed by atoms with E-state index in [0.717, 1.165) is 35.9 Å². The van der Waals surface area contributed by atoms with E-state index in [2.05, 4.69) is 31.8 Å². The first-order chi connectivity index (χ1) is 13.1. The summed E-state index contributed by atoms with van der Waals surface area (Å²) < 4.78 is 2.06. The van der Waals surface area contributed by atoms with Crippen molar-refractivity contribution in [2.75, 3.05) is 19.0 Å². The van der Waals surface area contributed by atoms with E-state index in [1.807, 2.05) is 49.5 Å². The van der Waals surface area contributed by atoms with Gasteiger partial charge in [0.1, 0.15) is 18.0 Å². The fraction of sp³-hybridized carbons (Fsp3) is 0.300. The van der Waals surface area contributed by atoms with Crippen LogP contribution in [0.25, 0.3) is 11.3 Å². The van der Waals surface area contributed by atoms with E-state index < -0.39 is 0 Å². The van der Waals surface area contributed by atoms with Gasteiger partial charge in [-0.15, -0.1) is 0 Å². The van der Waals surface area contributed by atoms with Crippen LogP contribution >= 0.6 is 0 Å². The van der Waals surface area contributed by atoms with Gasteiger partial charge in [0.25, 0.3) is 5.91 Å². The summed E-state index contributed by atoms with van der Waals surface area (Å²) >= 11 is 0. The van der Waals surface area contributed by atoms with Gasteiger partial charge in [-0.05, 0) is 18.6 Å². The summed E-state index contributed by atoms with van der Waals surface area (Å²) in [7, 11) is 3.86. The van der Waals surface area contributed by atoms with Gasteiger partial charge < -0.3 is 14.8 Å². The average Bonchev–Trinajstić information content (AvgIpc) is 3.14.